The van der Waals surface area contributed by atoms with Crippen molar-refractivity contribution in [1.29, 1.82) is 0 Å². The molecule has 0 amide bonds. The molecule has 0 aromatic carbocycles. The standard InChI is InChI=1S/C7H17NO.C7H15N.C2H6/c1-7(6-8-2)4-5-9-3;1-2-5-8-6-3-4-7-8;1-2/h7-8H,4-6H2,1-3H3;2-7H2,1H3;1-2H3. The third-order valence-electron chi connectivity index (χ3n) is 3.11. The number of methoxy groups -OCH3 is 1. The zero-order chi connectivity index (χ0) is 14.9. The molecular weight excluding hydrogens is 236 g/mol. The van der Waals surface area contributed by atoms with E-state index in [9.17, 15) is 0 Å². The maximum Gasteiger partial charge on any atom is 0.0465 e. The molecule has 0 bridgehead atoms. The lowest BCUT2D eigenvalue weighted by atomic mass is 10.1. The molecule has 118 valence electrons. The van der Waals surface area contributed by atoms with Gasteiger partial charge in [-0.1, -0.05) is 27.7 Å². The molecule has 0 aliphatic carbocycles. The molecule has 1 aliphatic heterocycles. The van der Waals surface area contributed by atoms with Crippen LogP contribution in [0.2, 0.25) is 0 Å². The van der Waals surface area contributed by atoms with Crippen LogP contribution in [0.5, 0.6) is 0 Å². The molecule has 1 unspecified atom stereocenters. The first kappa shape index (κ1) is 21.2. The summed E-state index contributed by atoms with van der Waals surface area (Å²) in [7, 11) is 3.72. The van der Waals surface area contributed by atoms with E-state index in [1.165, 1.54) is 38.9 Å². The molecule has 0 aromatic rings. The highest BCUT2D eigenvalue weighted by Gasteiger charge is 2.08. The van der Waals surface area contributed by atoms with Crippen molar-refractivity contribution in [2.75, 3.05) is 46.9 Å². The van der Waals surface area contributed by atoms with Crippen LogP contribution in [0.1, 0.15) is 53.4 Å². The van der Waals surface area contributed by atoms with Gasteiger partial charge in [0.25, 0.3) is 0 Å². The highest BCUT2D eigenvalue weighted by molar-refractivity contribution is 4.64. The zero-order valence-electron chi connectivity index (χ0n) is 14.3. The molecule has 0 radical (unpaired) electrons. The second-order valence-corrected chi connectivity index (χ2v) is 4.99. The normalized spacial score (nSPS) is 16.1. The van der Waals surface area contributed by atoms with Crippen LogP contribution < -0.4 is 5.32 Å². The van der Waals surface area contributed by atoms with Crippen LogP contribution in [0.3, 0.4) is 0 Å². The van der Waals surface area contributed by atoms with Crippen molar-refractivity contribution in [3.63, 3.8) is 0 Å². The van der Waals surface area contributed by atoms with E-state index in [1.54, 1.807) is 7.11 Å². The van der Waals surface area contributed by atoms with Crippen LogP contribution in [0.4, 0.5) is 0 Å². The maximum atomic E-state index is 4.93. The van der Waals surface area contributed by atoms with Crippen LogP contribution in [-0.2, 0) is 4.74 Å². The molecule has 1 saturated heterocycles. The quantitative estimate of drug-likeness (QED) is 0.770. The summed E-state index contributed by atoms with van der Waals surface area (Å²) >= 11 is 0. The van der Waals surface area contributed by atoms with E-state index >= 15 is 0 Å². The predicted molar refractivity (Wildman–Crippen MR) is 86.9 cm³/mol. The minimum atomic E-state index is 0.731. The average Bonchev–Trinajstić information content (AvgIpc) is 2.93. The minimum absolute atomic E-state index is 0.731. The second kappa shape index (κ2) is 17.9. The van der Waals surface area contributed by atoms with Gasteiger partial charge in [0.2, 0.25) is 0 Å². The van der Waals surface area contributed by atoms with Crippen LogP contribution in [-0.4, -0.2) is 51.8 Å². The van der Waals surface area contributed by atoms with E-state index in [0.717, 1.165) is 25.5 Å². The molecule has 1 N–H and O–H groups in total. The van der Waals surface area contributed by atoms with Crippen LogP contribution in [0.25, 0.3) is 0 Å². The number of hydrogen-bond acceptors (Lipinski definition) is 3. The van der Waals surface area contributed by atoms with Crippen molar-refractivity contribution in [3.05, 3.63) is 0 Å². The van der Waals surface area contributed by atoms with Gasteiger partial charge in [0.05, 0.1) is 0 Å². The van der Waals surface area contributed by atoms with E-state index in [1.807, 2.05) is 20.9 Å². The number of rotatable bonds is 7. The fourth-order valence-corrected chi connectivity index (χ4v) is 2.09. The van der Waals surface area contributed by atoms with Crippen molar-refractivity contribution < 1.29 is 4.74 Å². The van der Waals surface area contributed by atoms with Crippen LogP contribution in [0, 0.1) is 5.92 Å². The largest absolute Gasteiger partial charge is 0.385 e. The van der Waals surface area contributed by atoms with Gasteiger partial charge >= 0.3 is 0 Å². The van der Waals surface area contributed by atoms with E-state index in [2.05, 4.69) is 24.1 Å². The number of hydrogen-bond donors (Lipinski definition) is 1. The van der Waals surface area contributed by atoms with Gasteiger partial charge in [-0.05, 0) is 64.8 Å². The van der Waals surface area contributed by atoms with E-state index in [0.29, 0.717) is 0 Å². The van der Waals surface area contributed by atoms with Gasteiger partial charge in [0.1, 0.15) is 0 Å². The van der Waals surface area contributed by atoms with Gasteiger partial charge in [0, 0.05) is 13.7 Å². The van der Waals surface area contributed by atoms with Gasteiger partial charge in [0.15, 0.2) is 0 Å². The Hall–Kier alpha value is -0.120. The number of ether oxygens (including phenoxy) is 1. The van der Waals surface area contributed by atoms with Crippen molar-refractivity contribution in [3.8, 4) is 0 Å². The van der Waals surface area contributed by atoms with E-state index in [-0.39, 0.29) is 0 Å². The zero-order valence-corrected chi connectivity index (χ0v) is 14.3. The Morgan fingerprint density at radius 2 is 1.79 bits per heavy atom. The van der Waals surface area contributed by atoms with Crippen molar-refractivity contribution >= 4 is 0 Å². The number of nitrogens with zero attached hydrogens (tertiary/aromatic N) is 1. The summed E-state index contributed by atoms with van der Waals surface area (Å²) in [4.78, 5) is 2.54. The van der Waals surface area contributed by atoms with E-state index < -0.39 is 0 Å². The third-order valence-corrected chi connectivity index (χ3v) is 3.11. The summed E-state index contributed by atoms with van der Waals surface area (Å²) in [6, 6.07) is 0. The first-order valence-electron chi connectivity index (χ1n) is 8.10. The first-order chi connectivity index (χ1) is 9.24. The summed E-state index contributed by atoms with van der Waals surface area (Å²) in [6.45, 7) is 14.5. The topological polar surface area (TPSA) is 24.5 Å². The summed E-state index contributed by atoms with van der Waals surface area (Å²) in [5, 5.41) is 3.12. The molecule has 19 heavy (non-hydrogen) atoms. The van der Waals surface area contributed by atoms with E-state index in [4.69, 9.17) is 4.74 Å². The molecule has 0 aromatic heterocycles. The molecule has 1 atom stereocenters. The Morgan fingerprint density at radius 3 is 2.21 bits per heavy atom. The third kappa shape index (κ3) is 15.8. The molecule has 0 saturated carbocycles. The molecule has 3 nitrogen and oxygen atoms in total. The Balaban J connectivity index is 0. The van der Waals surface area contributed by atoms with Gasteiger partial charge in [-0.3, -0.25) is 0 Å². The lowest BCUT2D eigenvalue weighted by molar-refractivity contribution is 0.180. The minimum Gasteiger partial charge on any atom is -0.385 e. The SMILES string of the molecule is CC.CCCN1CCCC1.CNCC(C)CCOC. The fraction of sp³-hybridized carbons (Fsp3) is 1.00. The molecule has 1 fully saturated rings. The van der Waals surface area contributed by atoms with Crippen molar-refractivity contribution in [2.24, 2.45) is 5.92 Å². The van der Waals surface area contributed by atoms with Crippen LogP contribution in [0.15, 0.2) is 0 Å². The summed E-state index contributed by atoms with van der Waals surface area (Å²) in [5.74, 6) is 0.731. The monoisotopic (exact) mass is 274 g/mol. The Labute approximate surface area is 122 Å². The van der Waals surface area contributed by atoms with Gasteiger partial charge in [-0.15, -0.1) is 0 Å². The molecule has 3 heteroatoms. The van der Waals surface area contributed by atoms with Gasteiger partial charge in [-0.25, -0.2) is 0 Å². The summed E-state index contributed by atoms with van der Waals surface area (Å²) < 4.78 is 4.93. The molecular formula is C16H38N2O. The smallest absolute Gasteiger partial charge is 0.0465 e. The molecule has 1 heterocycles. The highest BCUT2D eigenvalue weighted by atomic mass is 16.5. The Kier molecular flexibility index (Phi) is 19.9. The predicted octanol–water partition coefficient (Wildman–Crippen LogP) is 3.40. The molecule has 1 aliphatic rings. The average molecular weight is 274 g/mol. The lowest BCUT2D eigenvalue weighted by Crippen LogP contribution is -2.19. The number of likely N-dealkylation sites (tertiary alicyclic amines) is 1. The Morgan fingerprint density at radius 1 is 1.21 bits per heavy atom. The van der Waals surface area contributed by atoms with Crippen molar-refractivity contribution in [2.45, 2.75) is 53.4 Å². The molecule has 0 spiro atoms. The lowest BCUT2D eigenvalue weighted by Gasteiger charge is -2.11. The number of nitrogens with one attached hydrogen (secondary N) is 1. The summed E-state index contributed by atoms with van der Waals surface area (Å²) in [5.41, 5.74) is 0. The maximum absolute atomic E-state index is 4.93. The Bertz CT molecular complexity index is 148. The van der Waals surface area contributed by atoms with Crippen molar-refractivity contribution in [1.82, 2.24) is 10.2 Å². The van der Waals surface area contributed by atoms with Crippen LogP contribution >= 0.6 is 0 Å². The molecule has 1 rings (SSSR count). The van der Waals surface area contributed by atoms with Gasteiger partial charge in [-0.2, -0.15) is 0 Å². The van der Waals surface area contributed by atoms with Gasteiger partial charge < -0.3 is 15.0 Å². The highest BCUT2D eigenvalue weighted by Crippen LogP contribution is 2.06. The first-order valence-corrected chi connectivity index (χ1v) is 8.10. The fourth-order valence-electron chi connectivity index (χ4n) is 2.09. The second-order valence-electron chi connectivity index (χ2n) is 4.99. The summed E-state index contributed by atoms with van der Waals surface area (Å²) in [6.07, 6.45) is 5.33.